The highest BCUT2D eigenvalue weighted by molar-refractivity contribution is 5.94. The van der Waals surface area contributed by atoms with E-state index in [9.17, 15) is 18.7 Å². The molecule has 6 heteroatoms. The molecule has 0 aliphatic carbocycles. The van der Waals surface area contributed by atoms with E-state index in [1.807, 2.05) is 17.0 Å². The third-order valence-electron chi connectivity index (χ3n) is 7.20. The summed E-state index contributed by atoms with van der Waals surface area (Å²) in [6.45, 7) is 2.12. The van der Waals surface area contributed by atoms with Crippen molar-refractivity contribution in [2.24, 2.45) is 0 Å². The van der Waals surface area contributed by atoms with Crippen molar-refractivity contribution in [1.29, 1.82) is 0 Å². The lowest BCUT2D eigenvalue weighted by atomic mass is 9.74. The van der Waals surface area contributed by atoms with Gasteiger partial charge in [-0.3, -0.25) is 9.69 Å². The maximum atomic E-state index is 13.7. The largest absolute Gasteiger partial charge is 0.395 e. The highest BCUT2D eigenvalue weighted by atomic mass is 19.1. The number of hydrogen-bond acceptors (Lipinski definition) is 3. The van der Waals surface area contributed by atoms with Gasteiger partial charge in [0.25, 0.3) is 5.91 Å². The molecular formula is C28H28F2N2O2. The molecule has 0 spiro atoms. The zero-order chi connectivity index (χ0) is 23.7. The van der Waals surface area contributed by atoms with Crippen molar-refractivity contribution in [1.82, 2.24) is 9.80 Å². The van der Waals surface area contributed by atoms with Gasteiger partial charge in [-0.15, -0.1) is 0 Å². The summed E-state index contributed by atoms with van der Waals surface area (Å²) in [5.41, 5.74) is 3.43. The average Bonchev–Trinajstić information content (AvgIpc) is 2.83. The van der Waals surface area contributed by atoms with Gasteiger partial charge in [-0.25, -0.2) is 8.78 Å². The zero-order valence-corrected chi connectivity index (χ0v) is 18.9. The van der Waals surface area contributed by atoms with Gasteiger partial charge in [-0.05, 0) is 66.4 Å². The fraction of sp³-hybridized carbons (Fsp3) is 0.321. The Kier molecular flexibility index (Phi) is 6.44. The predicted octanol–water partition coefficient (Wildman–Crippen LogP) is 4.70. The minimum absolute atomic E-state index is 0.00546. The van der Waals surface area contributed by atoms with Crippen molar-refractivity contribution >= 4 is 5.91 Å². The fourth-order valence-electron chi connectivity index (χ4n) is 5.47. The molecule has 2 saturated heterocycles. The third kappa shape index (κ3) is 4.36. The second-order valence-electron chi connectivity index (χ2n) is 9.18. The second-order valence-corrected chi connectivity index (χ2v) is 9.18. The van der Waals surface area contributed by atoms with Crippen LogP contribution in [0.1, 0.15) is 34.7 Å². The van der Waals surface area contributed by atoms with Crippen molar-refractivity contribution in [3.05, 3.63) is 95.6 Å². The van der Waals surface area contributed by atoms with Crippen LogP contribution < -0.4 is 0 Å². The van der Waals surface area contributed by atoms with E-state index in [1.54, 1.807) is 24.3 Å². The van der Waals surface area contributed by atoms with Gasteiger partial charge in [0.15, 0.2) is 0 Å². The van der Waals surface area contributed by atoms with E-state index in [4.69, 9.17) is 0 Å². The third-order valence-corrected chi connectivity index (χ3v) is 7.20. The molecule has 34 heavy (non-hydrogen) atoms. The molecule has 2 heterocycles. The number of halogens is 2. The Hall–Kier alpha value is -3.09. The maximum absolute atomic E-state index is 13.7. The van der Waals surface area contributed by atoms with Gasteiger partial charge in [-0.1, -0.05) is 42.5 Å². The van der Waals surface area contributed by atoms with E-state index >= 15 is 0 Å². The smallest absolute Gasteiger partial charge is 0.254 e. The number of hydrogen-bond donors (Lipinski definition) is 1. The van der Waals surface area contributed by atoms with Crippen molar-refractivity contribution < 1.29 is 18.7 Å². The molecule has 5 rings (SSSR count). The number of nitrogens with zero attached hydrogens (tertiary/aromatic N) is 2. The lowest BCUT2D eigenvalue weighted by molar-refractivity contribution is -0.0606. The second kappa shape index (κ2) is 9.65. The molecule has 0 unspecified atom stereocenters. The van der Waals surface area contributed by atoms with Crippen LogP contribution >= 0.6 is 0 Å². The summed E-state index contributed by atoms with van der Waals surface area (Å²) in [5, 5.41) is 10.2. The van der Waals surface area contributed by atoms with E-state index in [2.05, 4.69) is 17.0 Å². The van der Waals surface area contributed by atoms with Crippen molar-refractivity contribution in [3.8, 4) is 11.1 Å². The van der Waals surface area contributed by atoms with Crippen LogP contribution in [0.5, 0.6) is 0 Å². The van der Waals surface area contributed by atoms with Crippen LogP contribution in [-0.4, -0.2) is 59.1 Å². The molecule has 0 radical (unpaired) electrons. The molecule has 3 aromatic carbocycles. The summed E-state index contributed by atoms with van der Waals surface area (Å²) in [5.74, 6) is -0.739. The molecule has 176 valence electrons. The maximum Gasteiger partial charge on any atom is 0.254 e. The number of aliphatic hydroxyl groups is 1. The summed E-state index contributed by atoms with van der Waals surface area (Å²) in [4.78, 5) is 17.3. The molecule has 2 aliphatic rings. The molecule has 0 bridgehead atoms. The van der Waals surface area contributed by atoms with Crippen molar-refractivity contribution in [2.45, 2.75) is 30.8 Å². The normalized spacial score (nSPS) is 22.9. The topological polar surface area (TPSA) is 43.8 Å². The van der Waals surface area contributed by atoms with Crippen LogP contribution in [0.15, 0.2) is 72.8 Å². The Morgan fingerprint density at radius 3 is 2.24 bits per heavy atom. The number of benzene rings is 3. The molecule has 4 nitrogen and oxygen atoms in total. The summed E-state index contributed by atoms with van der Waals surface area (Å²) >= 11 is 0. The van der Waals surface area contributed by atoms with Crippen LogP contribution in [0.4, 0.5) is 8.78 Å². The van der Waals surface area contributed by atoms with Crippen molar-refractivity contribution in [3.63, 3.8) is 0 Å². The lowest BCUT2D eigenvalue weighted by Crippen LogP contribution is -2.67. The first-order valence-electron chi connectivity index (χ1n) is 11.8. The Bertz CT molecular complexity index is 1150. The van der Waals surface area contributed by atoms with Crippen LogP contribution in [-0.2, 0) is 0 Å². The van der Waals surface area contributed by atoms with Gasteiger partial charge >= 0.3 is 0 Å². The molecule has 2 fully saturated rings. The van der Waals surface area contributed by atoms with Crippen LogP contribution in [0, 0.1) is 11.6 Å². The molecular weight excluding hydrogens is 434 g/mol. The number of fused-ring (bicyclic) bond motifs is 1. The Labute approximate surface area is 198 Å². The van der Waals surface area contributed by atoms with Crippen LogP contribution in [0.25, 0.3) is 11.1 Å². The van der Waals surface area contributed by atoms with Crippen LogP contribution in [0.2, 0.25) is 0 Å². The Morgan fingerprint density at radius 1 is 0.882 bits per heavy atom. The molecule has 2 aliphatic heterocycles. The Morgan fingerprint density at radius 2 is 1.56 bits per heavy atom. The van der Waals surface area contributed by atoms with Gasteiger partial charge in [0.05, 0.1) is 6.61 Å². The van der Waals surface area contributed by atoms with Gasteiger partial charge in [0, 0.05) is 36.7 Å². The van der Waals surface area contributed by atoms with E-state index < -0.39 is 5.82 Å². The number of rotatable bonds is 4. The predicted molar refractivity (Wildman–Crippen MR) is 127 cm³/mol. The summed E-state index contributed by atoms with van der Waals surface area (Å²) < 4.78 is 27.0. The number of amides is 1. The lowest BCUT2D eigenvalue weighted by Gasteiger charge is -2.57. The van der Waals surface area contributed by atoms with Gasteiger partial charge in [0.2, 0.25) is 0 Å². The number of carbonyl (C=O) groups excluding carboxylic acids is 1. The zero-order valence-electron chi connectivity index (χ0n) is 18.9. The first-order valence-corrected chi connectivity index (χ1v) is 11.8. The summed E-state index contributed by atoms with van der Waals surface area (Å²) in [7, 11) is 0. The first-order chi connectivity index (χ1) is 16.5. The highest BCUT2D eigenvalue weighted by Gasteiger charge is 2.49. The fourth-order valence-corrected chi connectivity index (χ4v) is 5.47. The summed E-state index contributed by atoms with van der Waals surface area (Å²) in [6.07, 6.45) is 1.82. The van der Waals surface area contributed by atoms with Crippen LogP contribution in [0.3, 0.4) is 0 Å². The molecule has 0 saturated carbocycles. The SMILES string of the molecule is O=C(c1cccc(F)c1)N1CCCCN2[C@@H](CO)[C@H](c3ccc(-c4ccc(F)cc4)cc3)[C@@H]2C1. The van der Waals surface area contributed by atoms with Gasteiger partial charge in [-0.2, -0.15) is 0 Å². The molecule has 1 amide bonds. The Balaban J connectivity index is 1.39. The molecule has 3 atom stereocenters. The number of aliphatic hydroxyl groups excluding tert-OH is 1. The minimum atomic E-state index is -0.414. The standard InChI is InChI=1S/C28H28F2N2O2/c29-23-12-10-20(11-13-23)19-6-8-21(9-7-19)27-25-17-31(14-1-2-15-32(25)26(27)18-33)28(34)22-4-3-5-24(30)16-22/h3-13,16,25-27,33H,1-2,14-15,17-18H2/t25-,26-,27+/m0/s1. The monoisotopic (exact) mass is 462 g/mol. The molecule has 1 N–H and O–H groups in total. The summed E-state index contributed by atoms with van der Waals surface area (Å²) in [6, 6.07) is 20.6. The van der Waals surface area contributed by atoms with E-state index in [0.717, 1.165) is 36.1 Å². The van der Waals surface area contributed by atoms with E-state index in [1.165, 1.54) is 24.3 Å². The van der Waals surface area contributed by atoms with E-state index in [-0.39, 0.29) is 36.3 Å². The molecule has 3 aromatic rings. The van der Waals surface area contributed by atoms with Crippen molar-refractivity contribution in [2.75, 3.05) is 26.2 Å². The van der Waals surface area contributed by atoms with Gasteiger partial charge in [0.1, 0.15) is 11.6 Å². The quantitative estimate of drug-likeness (QED) is 0.612. The van der Waals surface area contributed by atoms with E-state index in [0.29, 0.717) is 18.7 Å². The average molecular weight is 463 g/mol. The highest BCUT2D eigenvalue weighted by Crippen LogP contribution is 2.42. The van der Waals surface area contributed by atoms with Gasteiger partial charge < -0.3 is 10.0 Å². The number of carbonyl (C=O) groups is 1. The minimum Gasteiger partial charge on any atom is -0.395 e. The first kappa shape index (κ1) is 22.7. The molecule has 0 aromatic heterocycles.